The van der Waals surface area contributed by atoms with Crippen LogP contribution >= 0.6 is 11.8 Å². The Balaban J connectivity index is 3.56. The SMILES string of the molecule is C=C(CNCC[C@H](N)C(=O)NCC)S/C=C\C. The van der Waals surface area contributed by atoms with Crippen molar-refractivity contribution < 1.29 is 4.79 Å². The molecule has 0 aromatic rings. The van der Waals surface area contributed by atoms with E-state index in [2.05, 4.69) is 17.2 Å². The first-order valence-corrected chi connectivity index (χ1v) is 6.69. The molecule has 0 spiro atoms. The summed E-state index contributed by atoms with van der Waals surface area (Å²) in [5.74, 6) is -0.0867. The van der Waals surface area contributed by atoms with Crippen LogP contribution in [0, 0.1) is 0 Å². The first-order valence-electron chi connectivity index (χ1n) is 5.81. The van der Waals surface area contributed by atoms with Crippen molar-refractivity contribution in [2.75, 3.05) is 19.6 Å². The maximum Gasteiger partial charge on any atom is 0.236 e. The number of nitrogens with one attached hydrogen (secondary N) is 2. The summed E-state index contributed by atoms with van der Waals surface area (Å²) in [4.78, 5) is 12.4. The molecule has 98 valence electrons. The summed E-state index contributed by atoms with van der Waals surface area (Å²) in [5, 5.41) is 7.90. The van der Waals surface area contributed by atoms with Crippen LogP contribution < -0.4 is 16.4 Å². The van der Waals surface area contributed by atoms with Gasteiger partial charge in [0, 0.05) is 13.1 Å². The predicted octanol–water partition coefficient (Wildman–Crippen LogP) is 1.21. The lowest BCUT2D eigenvalue weighted by atomic mass is 10.2. The van der Waals surface area contributed by atoms with Gasteiger partial charge in [-0.25, -0.2) is 0 Å². The Morgan fingerprint density at radius 2 is 2.29 bits per heavy atom. The second-order valence-electron chi connectivity index (χ2n) is 3.59. The molecule has 5 heteroatoms. The molecule has 1 atom stereocenters. The van der Waals surface area contributed by atoms with Crippen molar-refractivity contribution in [3.05, 3.63) is 23.0 Å². The van der Waals surface area contributed by atoms with Crippen molar-refractivity contribution in [2.24, 2.45) is 5.73 Å². The van der Waals surface area contributed by atoms with Gasteiger partial charge in [-0.15, -0.1) is 11.8 Å². The molecule has 0 bridgehead atoms. The molecule has 0 aromatic carbocycles. The minimum atomic E-state index is -0.432. The number of nitrogens with two attached hydrogens (primary N) is 1. The van der Waals surface area contributed by atoms with E-state index in [0.29, 0.717) is 19.5 Å². The average molecular weight is 257 g/mol. The van der Waals surface area contributed by atoms with Crippen LogP contribution in [0.5, 0.6) is 0 Å². The van der Waals surface area contributed by atoms with Gasteiger partial charge in [0.1, 0.15) is 0 Å². The Kier molecular flexibility index (Phi) is 9.90. The van der Waals surface area contributed by atoms with E-state index in [1.54, 1.807) is 11.8 Å². The molecule has 1 amide bonds. The highest BCUT2D eigenvalue weighted by atomic mass is 32.2. The van der Waals surface area contributed by atoms with Crippen LogP contribution in [0.1, 0.15) is 20.3 Å². The smallest absolute Gasteiger partial charge is 0.236 e. The number of carbonyl (C=O) groups excluding carboxylic acids is 1. The maximum absolute atomic E-state index is 11.3. The van der Waals surface area contributed by atoms with E-state index >= 15 is 0 Å². The average Bonchev–Trinajstić information content (AvgIpc) is 2.32. The summed E-state index contributed by atoms with van der Waals surface area (Å²) in [6, 6.07) is -0.432. The fraction of sp³-hybridized carbons (Fsp3) is 0.583. The predicted molar refractivity (Wildman–Crippen MR) is 75.7 cm³/mol. The van der Waals surface area contributed by atoms with Gasteiger partial charge < -0.3 is 16.4 Å². The number of amides is 1. The molecule has 0 aromatic heterocycles. The van der Waals surface area contributed by atoms with E-state index < -0.39 is 6.04 Å². The van der Waals surface area contributed by atoms with Gasteiger partial charge in [0.25, 0.3) is 0 Å². The van der Waals surface area contributed by atoms with E-state index in [-0.39, 0.29) is 5.91 Å². The quantitative estimate of drug-likeness (QED) is 0.543. The van der Waals surface area contributed by atoms with E-state index in [4.69, 9.17) is 5.73 Å². The fourth-order valence-corrected chi connectivity index (χ4v) is 1.64. The zero-order valence-corrected chi connectivity index (χ0v) is 11.5. The van der Waals surface area contributed by atoms with Crippen LogP contribution in [0.25, 0.3) is 0 Å². The Bertz CT molecular complexity index is 266. The van der Waals surface area contributed by atoms with Gasteiger partial charge in [-0.3, -0.25) is 4.79 Å². The second-order valence-corrected chi connectivity index (χ2v) is 4.68. The molecule has 0 radical (unpaired) electrons. The van der Waals surface area contributed by atoms with Gasteiger partial charge in [-0.05, 0) is 37.1 Å². The van der Waals surface area contributed by atoms with Gasteiger partial charge in [-0.2, -0.15) is 0 Å². The monoisotopic (exact) mass is 257 g/mol. The lowest BCUT2D eigenvalue weighted by Gasteiger charge is -2.11. The molecule has 0 rings (SSSR count). The number of allylic oxidation sites excluding steroid dienone is 1. The first kappa shape index (κ1) is 16.2. The highest BCUT2D eigenvalue weighted by molar-refractivity contribution is 8.05. The van der Waals surface area contributed by atoms with Crippen molar-refractivity contribution >= 4 is 17.7 Å². The van der Waals surface area contributed by atoms with Gasteiger partial charge >= 0.3 is 0 Å². The third kappa shape index (κ3) is 8.97. The normalized spacial score (nSPS) is 12.6. The second kappa shape index (κ2) is 10.4. The topological polar surface area (TPSA) is 67.1 Å². The van der Waals surface area contributed by atoms with Gasteiger partial charge in [-0.1, -0.05) is 12.7 Å². The van der Waals surface area contributed by atoms with Gasteiger partial charge in [0.05, 0.1) is 6.04 Å². The summed E-state index contributed by atoms with van der Waals surface area (Å²) in [6.45, 7) is 9.83. The molecule has 0 aliphatic heterocycles. The molecular formula is C12H23N3OS. The largest absolute Gasteiger partial charge is 0.355 e. The minimum absolute atomic E-state index is 0.0867. The van der Waals surface area contributed by atoms with Crippen LogP contribution in [0.15, 0.2) is 23.0 Å². The molecule has 0 saturated heterocycles. The Morgan fingerprint density at radius 1 is 1.59 bits per heavy atom. The van der Waals surface area contributed by atoms with Crippen LogP contribution in [0.4, 0.5) is 0 Å². The third-order valence-electron chi connectivity index (χ3n) is 2.01. The lowest BCUT2D eigenvalue weighted by Crippen LogP contribution is -2.42. The Labute approximate surface area is 108 Å². The van der Waals surface area contributed by atoms with Gasteiger partial charge in [0.15, 0.2) is 0 Å². The van der Waals surface area contributed by atoms with E-state index in [0.717, 1.165) is 11.4 Å². The molecule has 0 aliphatic carbocycles. The standard InChI is InChI=1S/C12H23N3OS/c1-4-8-17-10(3)9-14-7-6-11(13)12(16)15-5-2/h4,8,11,14H,3,5-7,9,13H2,1-2H3,(H,15,16)/b8-4-/t11-/m0/s1. The summed E-state index contributed by atoms with van der Waals surface area (Å²) >= 11 is 1.60. The number of hydrogen-bond donors (Lipinski definition) is 3. The summed E-state index contributed by atoms with van der Waals surface area (Å²) in [7, 11) is 0. The zero-order valence-electron chi connectivity index (χ0n) is 10.7. The minimum Gasteiger partial charge on any atom is -0.355 e. The van der Waals surface area contributed by atoms with Crippen molar-refractivity contribution in [1.82, 2.24) is 10.6 Å². The summed E-state index contributed by atoms with van der Waals surface area (Å²) < 4.78 is 0. The number of likely N-dealkylation sites (N-methyl/N-ethyl adjacent to an activating group) is 1. The van der Waals surface area contributed by atoms with E-state index in [1.807, 2.05) is 25.3 Å². The maximum atomic E-state index is 11.3. The molecule has 0 saturated carbocycles. The molecule has 0 heterocycles. The molecular weight excluding hydrogens is 234 g/mol. The number of thioether (sulfide) groups is 1. The third-order valence-corrected chi connectivity index (χ3v) is 2.90. The van der Waals surface area contributed by atoms with Crippen LogP contribution in [-0.4, -0.2) is 31.6 Å². The van der Waals surface area contributed by atoms with E-state index in [1.165, 1.54) is 0 Å². The molecule has 0 fully saturated rings. The zero-order chi connectivity index (χ0) is 13.1. The Morgan fingerprint density at radius 3 is 2.88 bits per heavy atom. The number of rotatable bonds is 9. The van der Waals surface area contributed by atoms with Crippen molar-refractivity contribution in [2.45, 2.75) is 26.3 Å². The van der Waals surface area contributed by atoms with Crippen LogP contribution in [0.3, 0.4) is 0 Å². The Hall–Kier alpha value is -0.780. The molecule has 4 N–H and O–H groups in total. The molecule has 0 unspecified atom stereocenters. The fourth-order valence-electron chi connectivity index (χ4n) is 1.13. The van der Waals surface area contributed by atoms with Crippen molar-refractivity contribution in [1.29, 1.82) is 0 Å². The number of carbonyl (C=O) groups is 1. The van der Waals surface area contributed by atoms with Gasteiger partial charge in [0.2, 0.25) is 5.91 Å². The van der Waals surface area contributed by atoms with Crippen molar-refractivity contribution in [3.8, 4) is 0 Å². The molecule has 17 heavy (non-hydrogen) atoms. The lowest BCUT2D eigenvalue weighted by molar-refractivity contribution is -0.122. The van der Waals surface area contributed by atoms with Crippen molar-refractivity contribution in [3.63, 3.8) is 0 Å². The first-order chi connectivity index (χ1) is 8.11. The number of hydrogen-bond acceptors (Lipinski definition) is 4. The summed E-state index contributed by atoms with van der Waals surface area (Å²) in [5.41, 5.74) is 5.71. The van der Waals surface area contributed by atoms with Crippen LogP contribution in [0.2, 0.25) is 0 Å². The highest BCUT2D eigenvalue weighted by Gasteiger charge is 2.10. The highest BCUT2D eigenvalue weighted by Crippen LogP contribution is 2.12. The molecule has 0 aliphatic rings. The molecule has 4 nitrogen and oxygen atoms in total. The van der Waals surface area contributed by atoms with E-state index in [9.17, 15) is 4.79 Å². The summed E-state index contributed by atoms with van der Waals surface area (Å²) in [6.07, 6.45) is 2.61. The van der Waals surface area contributed by atoms with Crippen LogP contribution in [-0.2, 0) is 4.79 Å².